The number of aromatic nitrogens is 4. The number of hydrogen-bond acceptors (Lipinski definition) is 3. The molecule has 8 aromatic carbocycles. The van der Waals surface area contributed by atoms with Crippen LogP contribution in [0.3, 0.4) is 0 Å². The summed E-state index contributed by atoms with van der Waals surface area (Å²) >= 11 is 0. The van der Waals surface area contributed by atoms with E-state index in [0.717, 1.165) is 88.7 Å². The van der Waals surface area contributed by atoms with Crippen molar-refractivity contribution in [1.82, 2.24) is 19.5 Å². The quantitative estimate of drug-likeness (QED) is 0.102. The molecule has 0 saturated heterocycles. The van der Waals surface area contributed by atoms with E-state index in [-0.39, 0.29) is 0 Å². The molecule has 2 aromatic heterocycles. The predicted molar refractivity (Wildman–Crippen MR) is 261 cm³/mol. The van der Waals surface area contributed by atoms with Gasteiger partial charge in [0.15, 0.2) is 23.2 Å². The Balaban J connectivity index is 1.27. The molecule has 10 rings (SSSR count). The molecule has 2 heterocycles. The summed E-state index contributed by atoms with van der Waals surface area (Å²) < 4.78 is 2.36. The van der Waals surface area contributed by atoms with Gasteiger partial charge < -0.3 is 4.57 Å². The van der Waals surface area contributed by atoms with Crippen molar-refractivity contribution in [3.8, 4) is 73.0 Å². The van der Waals surface area contributed by atoms with Gasteiger partial charge in [-0.2, -0.15) is 0 Å². The highest BCUT2D eigenvalue weighted by Crippen LogP contribution is 2.45. The maximum atomic E-state index is 7.95. The van der Waals surface area contributed by atoms with Gasteiger partial charge in [0.2, 0.25) is 0 Å². The molecule has 5 nitrogen and oxygen atoms in total. The minimum atomic E-state index is 0.496. The van der Waals surface area contributed by atoms with Gasteiger partial charge in [0, 0.05) is 33.2 Å². The monoisotopic (exact) mass is 805 g/mol. The number of nitrogens with zero attached hydrogens (tertiary/aromatic N) is 5. The summed E-state index contributed by atoms with van der Waals surface area (Å²) in [5.41, 5.74) is 14.6. The summed E-state index contributed by atoms with van der Waals surface area (Å²) in [7, 11) is 0. The lowest BCUT2D eigenvalue weighted by atomic mass is 9.92. The van der Waals surface area contributed by atoms with Gasteiger partial charge in [-0.25, -0.2) is 19.8 Å². The van der Waals surface area contributed by atoms with Gasteiger partial charge in [0.1, 0.15) is 0 Å². The number of benzene rings is 8. The smallest absolute Gasteiger partial charge is 0.188 e. The highest BCUT2D eigenvalue weighted by Gasteiger charge is 2.24. The highest BCUT2D eigenvalue weighted by molar-refractivity contribution is 6.13. The van der Waals surface area contributed by atoms with Crippen LogP contribution in [0.15, 0.2) is 226 Å². The van der Waals surface area contributed by atoms with Crippen molar-refractivity contribution in [2.24, 2.45) is 0 Å². The second kappa shape index (κ2) is 16.7. The van der Waals surface area contributed by atoms with Crippen LogP contribution in [-0.2, 0) is 0 Å². The van der Waals surface area contributed by atoms with Crippen molar-refractivity contribution in [2.45, 2.75) is 0 Å². The first kappa shape index (κ1) is 38.5. The first-order valence-corrected chi connectivity index (χ1v) is 20.8. The van der Waals surface area contributed by atoms with Crippen LogP contribution in [0.4, 0.5) is 5.69 Å². The predicted octanol–water partition coefficient (Wildman–Crippen LogP) is 15.3. The Morgan fingerprint density at radius 1 is 0.460 bits per heavy atom. The number of rotatable bonds is 10. The number of hydrogen-bond donors (Lipinski definition) is 0. The highest BCUT2D eigenvalue weighted by atomic mass is 15.0. The van der Waals surface area contributed by atoms with Crippen molar-refractivity contribution in [3.05, 3.63) is 243 Å². The fourth-order valence-electron chi connectivity index (χ4n) is 8.38. The van der Waals surface area contributed by atoms with Gasteiger partial charge in [-0.3, -0.25) is 0 Å². The first-order chi connectivity index (χ1) is 31.1. The molecule has 0 N–H and O–H groups in total. The Bertz CT molecular complexity index is 3340. The topological polar surface area (TPSA) is 48.0 Å². The minimum absolute atomic E-state index is 0.496. The minimum Gasteiger partial charge on any atom is -0.308 e. The average Bonchev–Trinajstić information content (AvgIpc) is 3.68. The van der Waals surface area contributed by atoms with Crippen molar-refractivity contribution < 1.29 is 0 Å². The molecule has 0 aliphatic rings. The second-order valence-corrected chi connectivity index (χ2v) is 15.2. The third kappa shape index (κ3) is 7.33. The molecule has 63 heavy (non-hydrogen) atoms. The SMILES string of the molecule is [C-]#[N+]c1ccc2c(c1)c1cc(-c3ccccc3)ccc1n2-c1c(-c2ccccc2)cc(-c2nc(/C(C=C)=C/C=C)nc(-c3ccc(-c4ccccc4)cc3)n2)cc1-c1ccccc1. The molecule has 0 aliphatic carbocycles. The molecule has 0 spiro atoms. The Morgan fingerprint density at radius 2 is 0.921 bits per heavy atom. The standard InChI is InChI=1S/C58H39N5/c1-4-18-39(5-2)56-60-57(45-29-27-42(28-30-45)40-19-10-6-11-20-40)62-58(61-56)47-36-49(43-23-14-8-15-24-43)55(50(37-47)44-25-16-9-17-26-44)63-53-33-31-46(41-21-12-7-13-22-41)35-51(53)52-38-48(59-3)32-34-54(52)63/h4-38H,1-2H2/b39-18+. The van der Waals surface area contributed by atoms with Gasteiger partial charge in [-0.15, -0.1) is 0 Å². The molecular weight excluding hydrogens is 767 g/mol. The largest absolute Gasteiger partial charge is 0.308 e. The Kier molecular flexibility index (Phi) is 10.2. The van der Waals surface area contributed by atoms with E-state index in [1.54, 1.807) is 12.2 Å². The summed E-state index contributed by atoms with van der Waals surface area (Å²) in [6, 6.07) is 67.1. The van der Waals surface area contributed by atoms with E-state index in [9.17, 15) is 0 Å². The van der Waals surface area contributed by atoms with Crippen LogP contribution < -0.4 is 0 Å². The lowest BCUT2D eigenvalue weighted by Crippen LogP contribution is -2.05. The van der Waals surface area contributed by atoms with Gasteiger partial charge in [-0.1, -0.05) is 189 Å². The molecular formula is C58H39N5. The molecule has 10 aromatic rings. The normalized spacial score (nSPS) is 11.4. The third-order valence-corrected chi connectivity index (χ3v) is 11.4. The van der Waals surface area contributed by atoms with E-state index in [0.29, 0.717) is 23.2 Å². The number of fused-ring (bicyclic) bond motifs is 3. The summed E-state index contributed by atoms with van der Waals surface area (Å²) in [4.78, 5) is 19.3. The zero-order chi connectivity index (χ0) is 42.7. The average molecular weight is 806 g/mol. The fraction of sp³-hybridized carbons (Fsp3) is 0. The van der Waals surface area contributed by atoms with Crippen LogP contribution in [0.2, 0.25) is 0 Å². The van der Waals surface area contributed by atoms with E-state index in [1.807, 2.05) is 54.6 Å². The van der Waals surface area contributed by atoms with Crippen LogP contribution in [0.5, 0.6) is 0 Å². The van der Waals surface area contributed by atoms with Gasteiger partial charge in [-0.05, 0) is 75.2 Å². The van der Waals surface area contributed by atoms with Crippen LogP contribution >= 0.6 is 0 Å². The van der Waals surface area contributed by atoms with Crippen molar-refractivity contribution in [1.29, 1.82) is 0 Å². The van der Waals surface area contributed by atoms with E-state index >= 15 is 0 Å². The molecule has 0 radical (unpaired) electrons. The van der Waals surface area contributed by atoms with Crippen LogP contribution in [0, 0.1) is 6.57 Å². The molecule has 0 atom stereocenters. The van der Waals surface area contributed by atoms with E-state index < -0.39 is 0 Å². The lowest BCUT2D eigenvalue weighted by molar-refractivity contribution is 1.04. The van der Waals surface area contributed by atoms with Crippen molar-refractivity contribution in [2.75, 3.05) is 0 Å². The zero-order valence-corrected chi connectivity index (χ0v) is 34.4. The first-order valence-electron chi connectivity index (χ1n) is 20.8. The Hall–Kier alpha value is -8.72. The lowest BCUT2D eigenvalue weighted by Gasteiger charge is -2.21. The molecule has 0 unspecified atom stereocenters. The summed E-state index contributed by atoms with van der Waals surface area (Å²) in [6.45, 7) is 16.0. The van der Waals surface area contributed by atoms with Gasteiger partial charge in [0.25, 0.3) is 0 Å². The fourth-order valence-corrected chi connectivity index (χ4v) is 8.38. The Labute approximate surface area is 366 Å². The maximum absolute atomic E-state index is 7.95. The van der Waals surface area contributed by atoms with Gasteiger partial charge in [0.05, 0.1) is 23.3 Å². The maximum Gasteiger partial charge on any atom is 0.188 e. The molecule has 0 fully saturated rings. The van der Waals surface area contributed by atoms with E-state index in [4.69, 9.17) is 21.5 Å². The third-order valence-electron chi connectivity index (χ3n) is 11.4. The van der Waals surface area contributed by atoms with Gasteiger partial charge >= 0.3 is 0 Å². The summed E-state index contributed by atoms with van der Waals surface area (Å²) in [6.07, 6.45) is 5.34. The molecule has 0 amide bonds. The summed E-state index contributed by atoms with van der Waals surface area (Å²) in [5.74, 6) is 1.57. The number of allylic oxidation sites excluding steroid dienone is 4. The molecule has 0 bridgehead atoms. The molecule has 0 saturated carbocycles. The second-order valence-electron chi connectivity index (χ2n) is 15.2. The van der Waals surface area contributed by atoms with E-state index in [2.05, 4.69) is 168 Å². The zero-order valence-electron chi connectivity index (χ0n) is 34.4. The van der Waals surface area contributed by atoms with Crippen LogP contribution in [-0.4, -0.2) is 19.5 Å². The molecule has 296 valence electrons. The van der Waals surface area contributed by atoms with E-state index in [1.165, 1.54) is 0 Å². The van der Waals surface area contributed by atoms with Crippen LogP contribution in [0.25, 0.3) is 105 Å². The Morgan fingerprint density at radius 3 is 1.46 bits per heavy atom. The van der Waals surface area contributed by atoms with Crippen molar-refractivity contribution >= 4 is 33.1 Å². The summed E-state index contributed by atoms with van der Waals surface area (Å²) in [5, 5.41) is 2.07. The van der Waals surface area contributed by atoms with Crippen LogP contribution in [0.1, 0.15) is 5.82 Å². The van der Waals surface area contributed by atoms with Crippen molar-refractivity contribution in [3.63, 3.8) is 0 Å². The molecule has 0 aliphatic heterocycles. The molecule has 5 heteroatoms.